The van der Waals surface area contributed by atoms with Gasteiger partial charge < -0.3 is 45.2 Å². The number of fused-ring (bicyclic) bond motifs is 3. The molecule has 34 heavy (non-hydrogen) atoms. The number of aromatic hydroxyl groups is 6. The summed E-state index contributed by atoms with van der Waals surface area (Å²) in [6, 6.07) is 7.66. The minimum atomic E-state index is -1.19. The third kappa shape index (κ3) is 3.35. The van der Waals surface area contributed by atoms with Crippen molar-refractivity contribution in [3.8, 4) is 46.0 Å². The first-order valence-corrected chi connectivity index (χ1v) is 10.3. The fraction of sp³-hybridized carbons (Fsp3) is 0.208. The number of hydrogen-bond acceptors (Lipinski definition) is 10. The van der Waals surface area contributed by atoms with Crippen LogP contribution in [0.3, 0.4) is 0 Å². The number of hydrogen-bond donors (Lipinski definition) is 7. The van der Waals surface area contributed by atoms with Crippen LogP contribution in [-0.4, -0.2) is 47.8 Å². The molecule has 0 fully saturated rings. The van der Waals surface area contributed by atoms with Crippen molar-refractivity contribution in [1.29, 1.82) is 0 Å². The normalized spacial score (nSPS) is 21.2. The van der Waals surface area contributed by atoms with Crippen LogP contribution in [0.25, 0.3) is 0 Å². The van der Waals surface area contributed by atoms with Gasteiger partial charge in [-0.2, -0.15) is 0 Å². The Morgan fingerprint density at radius 2 is 1.44 bits per heavy atom. The van der Waals surface area contributed by atoms with Crippen LogP contribution in [0, 0.1) is 0 Å². The first-order chi connectivity index (χ1) is 16.1. The summed E-state index contributed by atoms with van der Waals surface area (Å²) in [5.41, 5.74) is 1.30. The highest BCUT2D eigenvalue weighted by Crippen LogP contribution is 2.53. The predicted molar refractivity (Wildman–Crippen MR) is 114 cm³/mol. The lowest BCUT2D eigenvalue weighted by Gasteiger charge is -2.36. The molecule has 2 heterocycles. The lowest BCUT2D eigenvalue weighted by Crippen LogP contribution is -2.32. The molecule has 0 bridgehead atoms. The van der Waals surface area contributed by atoms with Crippen molar-refractivity contribution in [2.24, 2.45) is 0 Å². The van der Waals surface area contributed by atoms with E-state index in [1.165, 1.54) is 24.3 Å². The minimum absolute atomic E-state index is 0.0385. The summed E-state index contributed by atoms with van der Waals surface area (Å²) in [6.07, 6.45) is -2.49. The largest absolute Gasteiger partial charge is 0.507 e. The lowest BCUT2D eigenvalue weighted by atomic mass is 9.82. The molecule has 5 rings (SSSR count). The number of benzene rings is 3. The summed E-state index contributed by atoms with van der Waals surface area (Å²) < 4.78 is 11.4. The first kappa shape index (κ1) is 21.5. The maximum absolute atomic E-state index is 12.3. The highest BCUT2D eigenvalue weighted by molar-refractivity contribution is 5.80. The van der Waals surface area contributed by atoms with Crippen LogP contribution in [0.4, 0.5) is 0 Å². The van der Waals surface area contributed by atoms with E-state index in [1.54, 1.807) is 0 Å². The van der Waals surface area contributed by atoms with Gasteiger partial charge in [0, 0.05) is 35.1 Å². The molecular weight excluding hydrogens is 448 g/mol. The van der Waals surface area contributed by atoms with Gasteiger partial charge >= 0.3 is 5.97 Å². The Kier molecular flexibility index (Phi) is 4.83. The van der Waals surface area contributed by atoms with E-state index in [0.717, 1.165) is 12.1 Å². The zero-order valence-electron chi connectivity index (χ0n) is 17.5. The summed E-state index contributed by atoms with van der Waals surface area (Å²) in [6.45, 7) is 0. The molecule has 0 aliphatic carbocycles. The second-order valence-electron chi connectivity index (χ2n) is 8.31. The van der Waals surface area contributed by atoms with E-state index in [2.05, 4.69) is 0 Å². The monoisotopic (exact) mass is 468 g/mol. The topological polar surface area (TPSA) is 177 Å². The van der Waals surface area contributed by atoms with Gasteiger partial charge in [-0.25, -0.2) is 0 Å². The molecule has 10 heteroatoms. The third-order valence-electron chi connectivity index (χ3n) is 6.13. The Labute approximate surface area is 192 Å². The van der Waals surface area contributed by atoms with E-state index in [1.807, 2.05) is 0 Å². The molecule has 10 nitrogen and oxygen atoms in total. The van der Waals surface area contributed by atoms with E-state index >= 15 is 0 Å². The highest BCUT2D eigenvalue weighted by atomic mass is 16.5. The molecule has 3 aromatic carbocycles. The van der Waals surface area contributed by atoms with Crippen LogP contribution in [0.1, 0.15) is 40.7 Å². The van der Waals surface area contributed by atoms with Gasteiger partial charge in [-0.3, -0.25) is 4.79 Å². The molecule has 0 saturated carbocycles. The van der Waals surface area contributed by atoms with Crippen molar-refractivity contribution in [3.63, 3.8) is 0 Å². The van der Waals surface area contributed by atoms with Crippen LogP contribution in [-0.2, 0) is 11.2 Å². The zero-order valence-corrected chi connectivity index (χ0v) is 17.5. The number of phenolic OH excluding ortho intramolecular Hbond substituents is 6. The Morgan fingerprint density at radius 3 is 2.12 bits per heavy atom. The Morgan fingerprint density at radius 1 is 0.765 bits per heavy atom. The number of phenols is 6. The van der Waals surface area contributed by atoms with E-state index in [0.29, 0.717) is 11.1 Å². The number of rotatable bonds is 2. The van der Waals surface area contributed by atoms with Crippen LogP contribution < -0.4 is 9.47 Å². The number of carbonyl (C=O) groups excluding carboxylic acids is 1. The average molecular weight is 468 g/mol. The van der Waals surface area contributed by atoms with Crippen molar-refractivity contribution in [3.05, 3.63) is 58.7 Å². The number of ether oxygens (including phenoxy) is 2. The summed E-state index contributed by atoms with van der Waals surface area (Å²) in [4.78, 5) is 12.3. The molecule has 0 spiro atoms. The summed E-state index contributed by atoms with van der Waals surface area (Å²) >= 11 is 0. The molecule has 7 N–H and O–H groups in total. The van der Waals surface area contributed by atoms with Crippen molar-refractivity contribution >= 4 is 5.97 Å². The number of carbonyl (C=O) groups is 1. The van der Waals surface area contributed by atoms with Gasteiger partial charge in [-0.15, -0.1) is 0 Å². The quantitative estimate of drug-likeness (QED) is 0.168. The number of aliphatic hydroxyl groups is 1. The van der Waals surface area contributed by atoms with Crippen LogP contribution >= 0.6 is 0 Å². The van der Waals surface area contributed by atoms with E-state index in [4.69, 9.17) is 9.47 Å². The van der Waals surface area contributed by atoms with E-state index in [-0.39, 0.29) is 52.7 Å². The molecule has 176 valence electrons. The molecule has 2 aliphatic rings. The van der Waals surface area contributed by atoms with Gasteiger partial charge in [0.15, 0.2) is 34.9 Å². The standard InChI is InChI=1S/C24H20O10/c25-13-2-1-9(3-15(13)27)11-7-20(31)33-19-8-14(26)12-6-18(30)23(34-24(12)21(11)19)10-4-16(28)22(32)17(29)5-10/h1-5,8,11,18,23,25-30,32H,6-7H2/t11-,18-,23-/m1/s1. The van der Waals surface area contributed by atoms with Gasteiger partial charge in [-0.05, 0) is 29.8 Å². The molecule has 0 radical (unpaired) electrons. The fourth-order valence-electron chi connectivity index (χ4n) is 4.50. The van der Waals surface area contributed by atoms with Gasteiger partial charge in [0.1, 0.15) is 17.2 Å². The lowest BCUT2D eigenvalue weighted by molar-refractivity contribution is -0.135. The second kappa shape index (κ2) is 7.63. The highest BCUT2D eigenvalue weighted by Gasteiger charge is 2.40. The van der Waals surface area contributed by atoms with E-state index in [9.17, 15) is 40.5 Å². The maximum atomic E-state index is 12.3. The molecular formula is C24H20O10. The van der Waals surface area contributed by atoms with Crippen LogP contribution in [0.15, 0.2) is 36.4 Å². The van der Waals surface area contributed by atoms with Crippen molar-refractivity contribution in [2.45, 2.75) is 31.0 Å². The SMILES string of the molecule is O=C1C[C@H](c2ccc(O)c(O)c2)c2c(cc(O)c3c2O[C@H](c2cc(O)c(O)c(O)c2)[C@H](O)C3)O1. The smallest absolute Gasteiger partial charge is 0.312 e. The first-order valence-electron chi connectivity index (χ1n) is 10.3. The van der Waals surface area contributed by atoms with Crippen molar-refractivity contribution in [2.75, 3.05) is 0 Å². The Balaban J connectivity index is 1.67. The molecule has 0 saturated heterocycles. The summed E-state index contributed by atoms with van der Waals surface area (Å²) in [5, 5.41) is 70.4. The van der Waals surface area contributed by atoms with Gasteiger partial charge in [0.2, 0.25) is 0 Å². The molecule has 3 atom stereocenters. The Bertz CT molecular complexity index is 1310. The van der Waals surface area contributed by atoms with Crippen molar-refractivity contribution < 1.29 is 50.0 Å². The molecule has 2 aliphatic heterocycles. The molecule has 0 amide bonds. The van der Waals surface area contributed by atoms with Crippen molar-refractivity contribution in [1.82, 2.24) is 0 Å². The molecule has 0 aromatic heterocycles. The third-order valence-corrected chi connectivity index (χ3v) is 6.13. The fourth-order valence-corrected chi connectivity index (χ4v) is 4.50. The summed E-state index contributed by atoms with van der Waals surface area (Å²) in [5.74, 6) is -3.98. The average Bonchev–Trinajstić information content (AvgIpc) is 2.78. The molecule has 0 unspecified atom stereocenters. The number of aliphatic hydroxyl groups excluding tert-OH is 1. The van der Waals surface area contributed by atoms with Crippen LogP contribution in [0.2, 0.25) is 0 Å². The Hall–Kier alpha value is -4.31. The van der Waals surface area contributed by atoms with Gasteiger partial charge in [-0.1, -0.05) is 6.07 Å². The van der Waals surface area contributed by atoms with Gasteiger partial charge in [0.25, 0.3) is 0 Å². The minimum Gasteiger partial charge on any atom is -0.507 e. The van der Waals surface area contributed by atoms with Crippen LogP contribution in [0.5, 0.6) is 46.0 Å². The van der Waals surface area contributed by atoms with E-state index < -0.39 is 41.3 Å². The zero-order chi connectivity index (χ0) is 24.3. The number of esters is 1. The molecule has 3 aromatic rings. The second-order valence-corrected chi connectivity index (χ2v) is 8.31. The maximum Gasteiger partial charge on any atom is 0.312 e. The summed E-state index contributed by atoms with van der Waals surface area (Å²) in [7, 11) is 0. The van der Waals surface area contributed by atoms with Gasteiger partial charge in [0.05, 0.1) is 12.5 Å². The predicted octanol–water partition coefficient (Wildman–Crippen LogP) is 2.40.